The van der Waals surface area contributed by atoms with Gasteiger partial charge in [0.1, 0.15) is 0 Å². The van der Waals surface area contributed by atoms with Crippen LogP contribution in [-0.4, -0.2) is 4.98 Å². The van der Waals surface area contributed by atoms with Crippen molar-refractivity contribution in [2.24, 2.45) is 0 Å². The van der Waals surface area contributed by atoms with Gasteiger partial charge in [-0.3, -0.25) is 0 Å². The lowest BCUT2D eigenvalue weighted by atomic mass is 10.1. The quantitative estimate of drug-likeness (QED) is 0.501. The number of halogens is 1. The van der Waals surface area contributed by atoms with Crippen LogP contribution in [0.15, 0.2) is 18.3 Å². The number of pyridine rings is 1. The Labute approximate surface area is 79.0 Å². The zero-order valence-electron chi connectivity index (χ0n) is 8.09. The first kappa shape index (κ1) is 10.2. The van der Waals surface area contributed by atoms with Gasteiger partial charge in [-0.05, 0) is 30.5 Å². The molecule has 0 saturated carbocycles. The Morgan fingerprint density at radius 1 is 1.31 bits per heavy atom. The molecule has 13 heavy (non-hydrogen) atoms. The monoisotopic (exact) mass is 181 g/mol. The van der Waals surface area contributed by atoms with Crippen LogP contribution < -0.4 is 0 Å². The van der Waals surface area contributed by atoms with Crippen LogP contribution in [0, 0.1) is 5.95 Å². The second-order valence-electron chi connectivity index (χ2n) is 3.30. The van der Waals surface area contributed by atoms with Crippen molar-refractivity contribution in [1.82, 2.24) is 4.98 Å². The van der Waals surface area contributed by atoms with Gasteiger partial charge in [0.15, 0.2) is 0 Å². The number of hydrogen-bond acceptors (Lipinski definition) is 1. The average molecular weight is 181 g/mol. The summed E-state index contributed by atoms with van der Waals surface area (Å²) >= 11 is 0. The minimum Gasteiger partial charge on any atom is -0.228 e. The predicted octanol–water partition coefficient (Wildman–Crippen LogP) is 3.34. The summed E-state index contributed by atoms with van der Waals surface area (Å²) in [7, 11) is 0. The van der Waals surface area contributed by atoms with E-state index in [0.717, 1.165) is 18.4 Å². The fourth-order valence-electron chi connectivity index (χ4n) is 1.35. The van der Waals surface area contributed by atoms with Crippen LogP contribution in [0.5, 0.6) is 0 Å². The van der Waals surface area contributed by atoms with E-state index in [1.807, 2.05) is 6.07 Å². The third-order valence-corrected chi connectivity index (χ3v) is 2.11. The van der Waals surface area contributed by atoms with Crippen molar-refractivity contribution in [3.63, 3.8) is 0 Å². The van der Waals surface area contributed by atoms with Crippen LogP contribution in [0.3, 0.4) is 0 Å². The topological polar surface area (TPSA) is 12.9 Å². The third kappa shape index (κ3) is 4.02. The Balaban J connectivity index is 2.28. The highest BCUT2D eigenvalue weighted by atomic mass is 19.1. The van der Waals surface area contributed by atoms with Gasteiger partial charge < -0.3 is 0 Å². The summed E-state index contributed by atoms with van der Waals surface area (Å²) in [5, 5.41) is 0. The second-order valence-corrected chi connectivity index (χ2v) is 3.30. The molecule has 0 unspecified atom stereocenters. The van der Waals surface area contributed by atoms with Crippen LogP contribution >= 0.6 is 0 Å². The first-order valence-corrected chi connectivity index (χ1v) is 4.93. The lowest BCUT2D eigenvalue weighted by Crippen LogP contribution is -1.89. The Bertz CT molecular complexity index is 248. The SMILES string of the molecule is CCCCCCc1ccnc(F)c1. The van der Waals surface area contributed by atoms with Gasteiger partial charge in [0.05, 0.1) is 0 Å². The number of rotatable bonds is 5. The molecule has 1 rings (SSSR count). The zero-order chi connectivity index (χ0) is 9.52. The van der Waals surface area contributed by atoms with E-state index in [2.05, 4.69) is 11.9 Å². The summed E-state index contributed by atoms with van der Waals surface area (Å²) in [5.41, 5.74) is 1.06. The first-order chi connectivity index (χ1) is 6.33. The Hall–Kier alpha value is -0.920. The molecule has 2 heteroatoms. The number of unbranched alkanes of at least 4 members (excludes halogenated alkanes) is 3. The maximum Gasteiger partial charge on any atom is 0.213 e. The lowest BCUT2D eigenvalue weighted by Gasteiger charge is -2.00. The molecule has 0 atom stereocenters. The van der Waals surface area contributed by atoms with E-state index >= 15 is 0 Å². The molecule has 1 heterocycles. The third-order valence-electron chi connectivity index (χ3n) is 2.11. The highest BCUT2D eigenvalue weighted by molar-refractivity contribution is 5.10. The maximum absolute atomic E-state index is 12.6. The molecular formula is C11H16FN. The summed E-state index contributed by atoms with van der Waals surface area (Å²) in [6.07, 6.45) is 7.40. The first-order valence-electron chi connectivity index (χ1n) is 4.93. The summed E-state index contributed by atoms with van der Waals surface area (Å²) in [6, 6.07) is 3.40. The van der Waals surface area contributed by atoms with Crippen LogP contribution in [-0.2, 0) is 6.42 Å². The van der Waals surface area contributed by atoms with Crippen LogP contribution in [0.4, 0.5) is 4.39 Å². The van der Waals surface area contributed by atoms with Crippen LogP contribution in [0.2, 0.25) is 0 Å². The lowest BCUT2D eigenvalue weighted by molar-refractivity contribution is 0.579. The van der Waals surface area contributed by atoms with Gasteiger partial charge in [-0.1, -0.05) is 26.2 Å². The molecule has 0 aromatic carbocycles. The minimum atomic E-state index is -0.368. The fourth-order valence-corrected chi connectivity index (χ4v) is 1.35. The highest BCUT2D eigenvalue weighted by Gasteiger charge is 1.95. The molecule has 72 valence electrons. The number of hydrogen-bond donors (Lipinski definition) is 0. The van der Waals surface area contributed by atoms with Crippen molar-refractivity contribution in [3.05, 3.63) is 29.8 Å². The second kappa shape index (κ2) is 5.68. The molecule has 0 aliphatic rings. The molecule has 0 bridgehead atoms. The summed E-state index contributed by atoms with van der Waals surface area (Å²) in [6.45, 7) is 2.19. The summed E-state index contributed by atoms with van der Waals surface area (Å²) in [5.74, 6) is -0.368. The van der Waals surface area contributed by atoms with E-state index in [0.29, 0.717) is 0 Å². The van der Waals surface area contributed by atoms with Gasteiger partial charge >= 0.3 is 0 Å². The van der Waals surface area contributed by atoms with Crippen molar-refractivity contribution in [3.8, 4) is 0 Å². The van der Waals surface area contributed by atoms with Crippen molar-refractivity contribution >= 4 is 0 Å². The Kier molecular flexibility index (Phi) is 4.44. The molecule has 1 aromatic rings. The van der Waals surface area contributed by atoms with E-state index in [4.69, 9.17) is 0 Å². The zero-order valence-corrected chi connectivity index (χ0v) is 8.09. The van der Waals surface area contributed by atoms with Gasteiger partial charge in [-0.25, -0.2) is 4.98 Å². The fraction of sp³-hybridized carbons (Fsp3) is 0.545. The van der Waals surface area contributed by atoms with E-state index in [1.165, 1.54) is 31.5 Å². The van der Waals surface area contributed by atoms with Gasteiger partial charge in [0.25, 0.3) is 0 Å². The van der Waals surface area contributed by atoms with Gasteiger partial charge in [-0.2, -0.15) is 4.39 Å². The average Bonchev–Trinajstić information content (AvgIpc) is 2.13. The van der Waals surface area contributed by atoms with Crippen molar-refractivity contribution in [2.75, 3.05) is 0 Å². The Morgan fingerprint density at radius 3 is 2.85 bits per heavy atom. The number of aromatic nitrogens is 1. The van der Waals surface area contributed by atoms with Crippen molar-refractivity contribution in [2.45, 2.75) is 39.0 Å². The molecule has 0 aliphatic heterocycles. The number of aryl methyl sites for hydroxylation is 1. The van der Waals surface area contributed by atoms with Gasteiger partial charge in [0.2, 0.25) is 5.95 Å². The molecule has 0 N–H and O–H groups in total. The molecule has 0 spiro atoms. The van der Waals surface area contributed by atoms with E-state index in [9.17, 15) is 4.39 Å². The van der Waals surface area contributed by atoms with Gasteiger partial charge in [-0.15, -0.1) is 0 Å². The molecule has 0 radical (unpaired) electrons. The van der Waals surface area contributed by atoms with Crippen molar-refractivity contribution in [1.29, 1.82) is 0 Å². The highest BCUT2D eigenvalue weighted by Crippen LogP contribution is 2.07. The minimum absolute atomic E-state index is 0.368. The normalized spacial score (nSPS) is 10.3. The predicted molar refractivity (Wildman–Crippen MR) is 52.0 cm³/mol. The largest absolute Gasteiger partial charge is 0.228 e. The molecule has 0 saturated heterocycles. The molecule has 0 fully saturated rings. The van der Waals surface area contributed by atoms with Crippen LogP contribution in [0.1, 0.15) is 38.2 Å². The standard InChI is InChI=1S/C11H16FN/c1-2-3-4-5-6-10-7-8-13-11(12)9-10/h7-9H,2-6H2,1H3. The maximum atomic E-state index is 12.6. The summed E-state index contributed by atoms with van der Waals surface area (Å²) < 4.78 is 12.6. The van der Waals surface area contributed by atoms with E-state index < -0.39 is 0 Å². The summed E-state index contributed by atoms with van der Waals surface area (Å²) in [4.78, 5) is 3.52. The van der Waals surface area contributed by atoms with Crippen LogP contribution in [0.25, 0.3) is 0 Å². The number of nitrogens with zero attached hydrogens (tertiary/aromatic N) is 1. The molecule has 1 nitrogen and oxygen atoms in total. The molecule has 1 aromatic heterocycles. The smallest absolute Gasteiger partial charge is 0.213 e. The molecule has 0 aliphatic carbocycles. The molecule has 0 amide bonds. The Morgan fingerprint density at radius 2 is 2.15 bits per heavy atom. The van der Waals surface area contributed by atoms with Gasteiger partial charge in [0, 0.05) is 6.20 Å². The van der Waals surface area contributed by atoms with Crippen molar-refractivity contribution < 1.29 is 4.39 Å². The van der Waals surface area contributed by atoms with E-state index in [-0.39, 0.29) is 5.95 Å². The van der Waals surface area contributed by atoms with E-state index in [1.54, 1.807) is 0 Å². The molecular weight excluding hydrogens is 165 g/mol.